The average Bonchev–Trinajstić information content (AvgIpc) is 3.02. The van der Waals surface area contributed by atoms with Crippen molar-refractivity contribution in [2.24, 2.45) is 5.41 Å². The van der Waals surface area contributed by atoms with Crippen LogP contribution in [-0.4, -0.2) is 39.4 Å². The summed E-state index contributed by atoms with van der Waals surface area (Å²) >= 11 is 3.19. The van der Waals surface area contributed by atoms with Crippen LogP contribution >= 0.6 is 23.1 Å². The number of thioether (sulfide) groups is 1. The predicted molar refractivity (Wildman–Crippen MR) is 86.1 cm³/mol. The van der Waals surface area contributed by atoms with Crippen molar-refractivity contribution in [2.75, 3.05) is 11.6 Å². The highest BCUT2D eigenvalue weighted by molar-refractivity contribution is 7.99. The molecule has 1 atom stereocenters. The quantitative estimate of drug-likeness (QED) is 0.922. The first kappa shape index (κ1) is 16.3. The van der Waals surface area contributed by atoms with E-state index in [0.717, 1.165) is 10.7 Å². The first-order chi connectivity index (χ1) is 9.79. The first-order valence-electron chi connectivity index (χ1n) is 6.86. The lowest BCUT2D eigenvalue weighted by Crippen LogP contribution is -2.50. The molecule has 0 aromatic carbocycles. The molecule has 0 radical (unpaired) electrons. The summed E-state index contributed by atoms with van der Waals surface area (Å²) in [6, 6.07) is -0.374. The van der Waals surface area contributed by atoms with Crippen LogP contribution in [0, 0.1) is 12.3 Å². The van der Waals surface area contributed by atoms with E-state index in [-0.39, 0.29) is 17.9 Å². The summed E-state index contributed by atoms with van der Waals surface area (Å²) in [4.78, 5) is 30.7. The van der Waals surface area contributed by atoms with Crippen molar-refractivity contribution in [1.29, 1.82) is 0 Å². The Morgan fingerprint density at radius 2 is 2.19 bits per heavy atom. The van der Waals surface area contributed by atoms with Crippen molar-refractivity contribution in [3.05, 3.63) is 16.1 Å². The number of rotatable bonds is 3. The van der Waals surface area contributed by atoms with Crippen LogP contribution in [0.5, 0.6) is 0 Å². The van der Waals surface area contributed by atoms with E-state index in [1.807, 2.05) is 33.1 Å². The van der Waals surface area contributed by atoms with Crippen molar-refractivity contribution in [2.45, 2.75) is 40.3 Å². The molecule has 1 aliphatic rings. The maximum absolute atomic E-state index is 12.4. The van der Waals surface area contributed by atoms with E-state index >= 15 is 0 Å². The summed E-state index contributed by atoms with van der Waals surface area (Å²) in [7, 11) is 0. The SMILES string of the molecule is Cc1nc(CNC(=O)[C@@H]2CSCN2C(=O)C(C)(C)C)cs1. The van der Waals surface area contributed by atoms with Gasteiger partial charge >= 0.3 is 0 Å². The van der Waals surface area contributed by atoms with Crippen molar-refractivity contribution in [3.8, 4) is 0 Å². The fraction of sp³-hybridized carbons (Fsp3) is 0.643. The summed E-state index contributed by atoms with van der Waals surface area (Å²) in [5.74, 6) is 1.17. The van der Waals surface area contributed by atoms with Crippen molar-refractivity contribution < 1.29 is 9.59 Å². The zero-order chi connectivity index (χ0) is 15.6. The number of nitrogens with one attached hydrogen (secondary N) is 1. The van der Waals surface area contributed by atoms with Gasteiger partial charge in [-0.15, -0.1) is 23.1 Å². The lowest BCUT2D eigenvalue weighted by molar-refractivity contribution is -0.144. The van der Waals surface area contributed by atoms with Crippen molar-refractivity contribution in [3.63, 3.8) is 0 Å². The number of aromatic nitrogens is 1. The van der Waals surface area contributed by atoms with Gasteiger partial charge in [0.1, 0.15) is 6.04 Å². The van der Waals surface area contributed by atoms with Gasteiger partial charge in [-0.05, 0) is 6.92 Å². The van der Waals surface area contributed by atoms with Crippen LogP contribution < -0.4 is 5.32 Å². The molecule has 1 aromatic rings. The Hall–Kier alpha value is -1.08. The fourth-order valence-corrected chi connectivity index (χ4v) is 3.84. The van der Waals surface area contributed by atoms with Gasteiger partial charge < -0.3 is 10.2 Å². The molecule has 0 saturated carbocycles. The van der Waals surface area contributed by atoms with Gasteiger partial charge in [-0.3, -0.25) is 9.59 Å². The van der Waals surface area contributed by atoms with Crippen molar-refractivity contribution >= 4 is 34.9 Å². The third kappa shape index (κ3) is 3.97. The molecule has 1 fully saturated rings. The lowest BCUT2D eigenvalue weighted by Gasteiger charge is -2.29. The van der Waals surface area contributed by atoms with E-state index < -0.39 is 5.41 Å². The Kier molecular flexibility index (Phi) is 4.93. The van der Waals surface area contributed by atoms with Gasteiger partial charge in [0.2, 0.25) is 11.8 Å². The second-order valence-electron chi connectivity index (χ2n) is 6.12. The first-order valence-corrected chi connectivity index (χ1v) is 8.90. The van der Waals surface area contributed by atoms with Gasteiger partial charge in [0.05, 0.1) is 23.1 Å². The number of amides is 2. The molecule has 0 bridgehead atoms. The normalized spacial score (nSPS) is 18.9. The molecule has 2 heterocycles. The van der Waals surface area contributed by atoms with Gasteiger partial charge in [0.15, 0.2) is 0 Å². The number of hydrogen-bond donors (Lipinski definition) is 1. The molecule has 5 nitrogen and oxygen atoms in total. The van der Waals surface area contributed by atoms with Gasteiger partial charge in [0.25, 0.3) is 0 Å². The molecule has 0 aliphatic carbocycles. The Balaban J connectivity index is 1.96. The monoisotopic (exact) mass is 327 g/mol. The van der Waals surface area contributed by atoms with Crippen LogP contribution in [0.3, 0.4) is 0 Å². The van der Waals surface area contributed by atoms with E-state index in [2.05, 4.69) is 10.3 Å². The maximum atomic E-state index is 12.4. The molecule has 116 valence electrons. The number of thiazole rings is 1. The second kappa shape index (κ2) is 6.36. The fourth-order valence-electron chi connectivity index (χ4n) is 2.08. The third-order valence-corrected chi connectivity index (χ3v) is 5.03. The van der Waals surface area contributed by atoms with Gasteiger partial charge in [-0.1, -0.05) is 20.8 Å². The molecule has 2 rings (SSSR count). The van der Waals surface area contributed by atoms with Gasteiger partial charge in [-0.25, -0.2) is 4.98 Å². The number of carbonyl (C=O) groups is 2. The number of carbonyl (C=O) groups excluding carboxylic acids is 2. The standard InChI is InChI=1S/C14H21N3O2S2/c1-9-16-10(6-21-9)5-15-12(18)11-7-20-8-17(11)13(19)14(2,3)4/h6,11H,5,7-8H2,1-4H3,(H,15,18)/t11-/m0/s1. The molecule has 2 amide bonds. The number of aryl methyl sites for hydroxylation is 1. The highest BCUT2D eigenvalue weighted by Crippen LogP contribution is 2.27. The van der Waals surface area contributed by atoms with Crippen LogP contribution in [-0.2, 0) is 16.1 Å². The highest BCUT2D eigenvalue weighted by atomic mass is 32.2. The molecule has 1 aromatic heterocycles. The minimum Gasteiger partial charge on any atom is -0.349 e. The van der Waals surface area contributed by atoms with Gasteiger partial charge in [0, 0.05) is 16.5 Å². The molecular weight excluding hydrogens is 306 g/mol. The van der Waals surface area contributed by atoms with E-state index in [1.54, 1.807) is 28.0 Å². The smallest absolute Gasteiger partial charge is 0.244 e. The van der Waals surface area contributed by atoms with E-state index in [9.17, 15) is 9.59 Å². The Morgan fingerprint density at radius 1 is 1.48 bits per heavy atom. The molecular formula is C14H21N3O2S2. The lowest BCUT2D eigenvalue weighted by atomic mass is 9.94. The van der Waals surface area contributed by atoms with Crippen LogP contribution in [0.15, 0.2) is 5.38 Å². The minimum absolute atomic E-state index is 0.0251. The predicted octanol–water partition coefficient (Wildman–Crippen LogP) is 2.02. The minimum atomic E-state index is -0.463. The van der Waals surface area contributed by atoms with E-state index in [0.29, 0.717) is 18.2 Å². The third-order valence-electron chi connectivity index (χ3n) is 3.20. The topological polar surface area (TPSA) is 62.3 Å². The Bertz CT molecular complexity index is 537. The number of hydrogen-bond acceptors (Lipinski definition) is 5. The molecule has 0 unspecified atom stereocenters. The summed E-state index contributed by atoms with van der Waals surface area (Å²) in [5.41, 5.74) is 0.403. The molecule has 21 heavy (non-hydrogen) atoms. The average molecular weight is 327 g/mol. The zero-order valence-electron chi connectivity index (χ0n) is 12.8. The Morgan fingerprint density at radius 3 is 2.76 bits per heavy atom. The van der Waals surface area contributed by atoms with E-state index in [1.165, 1.54) is 0 Å². The van der Waals surface area contributed by atoms with Crippen molar-refractivity contribution in [1.82, 2.24) is 15.2 Å². The molecule has 7 heteroatoms. The van der Waals surface area contributed by atoms with Gasteiger partial charge in [-0.2, -0.15) is 0 Å². The zero-order valence-corrected chi connectivity index (χ0v) is 14.4. The summed E-state index contributed by atoms with van der Waals surface area (Å²) in [6.07, 6.45) is 0. The second-order valence-corrected chi connectivity index (χ2v) is 8.18. The largest absolute Gasteiger partial charge is 0.349 e. The summed E-state index contributed by atoms with van der Waals surface area (Å²) in [5, 5.41) is 5.82. The van der Waals surface area contributed by atoms with Crippen LogP contribution in [0.4, 0.5) is 0 Å². The van der Waals surface area contributed by atoms with Crippen LogP contribution in [0.25, 0.3) is 0 Å². The maximum Gasteiger partial charge on any atom is 0.244 e. The molecule has 1 saturated heterocycles. The van der Waals surface area contributed by atoms with Crippen LogP contribution in [0.1, 0.15) is 31.5 Å². The summed E-state index contributed by atoms with van der Waals surface area (Å²) in [6.45, 7) is 8.00. The van der Waals surface area contributed by atoms with Crippen LogP contribution in [0.2, 0.25) is 0 Å². The molecule has 1 N–H and O–H groups in total. The summed E-state index contributed by atoms with van der Waals surface area (Å²) < 4.78 is 0. The Labute approximate surface area is 133 Å². The molecule has 0 spiro atoms. The van der Waals surface area contributed by atoms with E-state index in [4.69, 9.17) is 0 Å². The molecule has 1 aliphatic heterocycles. The highest BCUT2D eigenvalue weighted by Gasteiger charge is 2.38. The number of nitrogens with zero attached hydrogens (tertiary/aromatic N) is 2.